The van der Waals surface area contributed by atoms with Gasteiger partial charge in [-0.05, 0) is 61.3 Å². The minimum atomic E-state index is -2.08. The highest BCUT2D eigenvalue weighted by atomic mass is 28.4. The molecular formula is C26H44O3Si2. The lowest BCUT2D eigenvalue weighted by atomic mass is 9.87. The van der Waals surface area contributed by atoms with E-state index in [2.05, 4.69) is 104 Å². The van der Waals surface area contributed by atoms with E-state index < -0.39 is 22.2 Å². The van der Waals surface area contributed by atoms with Gasteiger partial charge in [0.25, 0.3) is 0 Å². The summed E-state index contributed by atoms with van der Waals surface area (Å²) in [5.74, 6) is 12.6. The SMILES string of the molecule is COCC#C/C=C\C#CC1(O[Si](C)(C)C(C)(C)C)CCC=CC1O[Si](C)(C)C(C)(C)C. The quantitative estimate of drug-likeness (QED) is 0.260. The molecule has 0 radical (unpaired) electrons. The van der Waals surface area contributed by atoms with E-state index in [4.69, 9.17) is 13.6 Å². The summed E-state index contributed by atoms with van der Waals surface area (Å²) in [5.41, 5.74) is -0.641. The molecule has 174 valence electrons. The number of allylic oxidation sites excluding steroid dienone is 3. The molecule has 1 rings (SSSR count). The van der Waals surface area contributed by atoms with Crippen LogP contribution in [-0.4, -0.2) is 42.1 Å². The second-order valence-electron chi connectivity index (χ2n) is 11.4. The zero-order valence-corrected chi connectivity index (χ0v) is 23.7. The first-order chi connectivity index (χ1) is 14.1. The lowest BCUT2D eigenvalue weighted by Crippen LogP contribution is -2.58. The number of hydrogen-bond donors (Lipinski definition) is 0. The van der Waals surface area contributed by atoms with E-state index in [0.29, 0.717) is 6.61 Å². The molecule has 0 N–H and O–H groups in total. The third-order valence-corrected chi connectivity index (χ3v) is 15.7. The minimum Gasteiger partial charge on any atom is -0.407 e. The smallest absolute Gasteiger partial charge is 0.194 e. The molecule has 0 amide bonds. The normalized spacial score (nSPS) is 22.6. The Morgan fingerprint density at radius 1 is 0.968 bits per heavy atom. The largest absolute Gasteiger partial charge is 0.407 e. The summed E-state index contributed by atoms with van der Waals surface area (Å²) in [7, 11) is -2.45. The summed E-state index contributed by atoms with van der Waals surface area (Å²) in [6.45, 7) is 23.2. The van der Waals surface area contributed by atoms with Crippen LogP contribution in [0.4, 0.5) is 0 Å². The van der Waals surface area contributed by atoms with Crippen LogP contribution in [0.1, 0.15) is 54.4 Å². The van der Waals surface area contributed by atoms with Gasteiger partial charge < -0.3 is 13.6 Å². The molecule has 0 saturated carbocycles. The molecule has 1 aliphatic carbocycles. The Hall–Kier alpha value is -1.09. The summed E-state index contributed by atoms with van der Waals surface area (Å²) in [4.78, 5) is 0. The van der Waals surface area contributed by atoms with Crippen molar-refractivity contribution in [1.82, 2.24) is 0 Å². The van der Waals surface area contributed by atoms with Gasteiger partial charge in [-0.1, -0.05) is 77.4 Å². The highest BCUT2D eigenvalue weighted by Crippen LogP contribution is 2.45. The maximum atomic E-state index is 7.07. The monoisotopic (exact) mass is 460 g/mol. The molecule has 0 heterocycles. The van der Waals surface area contributed by atoms with Gasteiger partial charge >= 0.3 is 0 Å². The second-order valence-corrected chi connectivity index (χ2v) is 20.9. The average molecular weight is 461 g/mol. The van der Waals surface area contributed by atoms with Crippen molar-refractivity contribution in [2.45, 2.75) is 102 Å². The van der Waals surface area contributed by atoms with Crippen LogP contribution in [0.3, 0.4) is 0 Å². The summed E-state index contributed by atoms with van der Waals surface area (Å²) in [6, 6.07) is 0. The van der Waals surface area contributed by atoms with Crippen LogP contribution in [0.25, 0.3) is 0 Å². The Bertz CT molecular complexity index is 774. The van der Waals surface area contributed by atoms with E-state index in [1.54, 1.807) is 19.3 Å². The first kappa shape index (κ1) is 27.9. The summed E-state index contributed by atoms with van der Waals surface area (Å²) in [6.07, 6.45) is 9.60. The molecule has 2 atom stereocenters. The van der Waals surface area contributed by atoms with Crippen LogP contribution >= 0.6 is 0 Å². The lowest BCUT2D eigenvalue weighted by Gasteiger charge is -2.49. The fourth-order valence-corrected chi connectivity index (χ4v) is 5.48. The highest BCUT2D eigenvalue weighted by Gasteiger charge is 2.51. The Labute approximate surface area is 194 Å². The Morgan fingerprint density at radius 3 is 2.10 bits per heavy atom. The average Bonchev–Trinajstić information content (AvgIpc) is 2.60. The van der Waals surface area contributed by atoms with Gasteiger partial charge in [-0.15, -0.1) is 0 Å². The summed E-state index contributed by atoms with van der Waals surface area (Å²) < 4.78 is 18.9. The molecule has 0 fully saturated rings. The summed E-state index contributed by atoms with van der Waals surface area (Å²) >= 11 is 0. The molecule has 31 heavy (non-hydrogen) atoms. The van der Waals surface area contributed by atoms with E-state index in [1.807, 2.05) is 0 Å². The molecule has 0 aromatic carbocycles. The third kappa shape index (κ3) is 7.77. The van der Waals surface area contributed by atoms with Crippen molar-refractivity contribution in [3.05, 3.63) is 24.3 Å². The van der Waals surface area contributed by atoms with E-state index >= 15 is 0 Å². The van der Waals surface area contributed by atoms with Crippen molar-refractivity contribution in [2.24, 2.45) is 0 Å². The van der Waals surface area contributed by atoms with Crippen molar-refractivity contribution in [1.29, 1.82) is 0 Å². The molecule has 3 nitrogen and oxygen atoms in total. The minimum absolute atomic E-state index is 0.0891. The topological polar surface area (TPSA) is 27.7 Å². The molecule has 0 spiro atoms. The van der Waals surface area contributed by atoms with Gasteiger partial charge in [-0.3, -0.25) is 0 Å². The van der Waals surface area contributed by atoms with Gasteiger partial charge in [-0.25, -0.2) is 0 Å². The van der Waals surface area contributed by atoms with Crippen LogP contribution in [0.5, 0.6) is 0 Å². The molecular weight excluding hydrogens is 416 g/mol. The van der Waals surface area contributed by atoms with Crippen LogP contribution in [0, 0.1) is 23.7 Å². The lowest BCUT2D eigenvalue weighted by molar-refractivity contribution is 0.000268. The molecule has 0 bridgehead atoms. The van der Waals surface area contributed by atoms with E-state index in [-0.39, 0.29) is 16.2 Å². The fraction of sp³-hybridized carbons (Fsp3) is 0.692. The first-order valence-electron chi connectivity index (χ1n) is 11.3. The predicted molar refractivity (Wildman–Crippen MR) is 138 cm³/mol. The van der Waals surface area contributed by atoms with Crippen LogP contribution < -0.4 is 0 Å². The fourth-order valence-electron chi connectivity index (χ4n) is 2.74. The first-order valence-corrected chi connectivity index (χ1v) is 17.1. The van der Waals surface area contributed by atoms with Gasteiger partial charge in [0.1, 0.15) is 18.3 Å². The Balaban J connectivity index is 3.40. The van der Waals surface area contributed by atoms with Crippen molar-refractivity contribution in [3.63, 3.8) is 0 Å². The zero-order valence-electron chi connectivity index (χ0n) is 21.7. The van der Waals surface area contributed by atoms with Crippen molar-refractivity contribution in [3.8, 4) is 23.7 Å². The molecule has 0 saturated heterocycles. The number of methoxy groups -OCH3 is 1. The van der Waals surface area contributed by atoms with Crippen molar-refractivity contribution < 1.29 is 13.6 Å². The maximum Gasteiger partial charge on any atom is 0.194 e. The summed E-state index contributed by atoms with van der Waals surface area (Å²) in [5, 5.41) is 0.205. The van der Waals surface area contributed by atoms with Gasteiger partial charge in [-0.2, -0.15) is 0 Å². The molecule has 5 heteroatoms. The van der Waals surface area contributed by atoms with Crippen molar-refractivity contribution >= 4 is 16.6 Å². The zero-order chi connectivity index (χ0) is 24.0. The van der Waals surface area contributed by atoms with Gasteiger partial charge in [0.15, 0.2) is 16.6 Å². The molecule has 1 aliphatic rings. The second kappa shape index (κ2) is 10.7. The van der Waals surface area contributed by atoms with Crippen LogP contribution in [0.15, 0.2) is 24.3 Å². The van der Waals surface area contributed by atoms with Crippen molar-refractivity contribution in [2.75, 3.05) is 13.7 Å². The predicted octanol–water partition coefficient (Wildman–Crippen LogP) is 6.70. The van der Waals surface area contributed by atoms with Crippen LogP contribution in [-0.2, 0) is 13.6 Å². The van der Waals surface area contributed by atoms with Gasteiger partial charge in [0.2, 0.25) is 0 Å². The molecule has 0 aliphatic heterocycles. The molecule has 2 unspecified atom stereocenters. The number of hydrogen-bond acceptors (Lipinski definition) is 3. The van der Waals surface area contributed by atoms with E-state index in [1.165, 1.54) is 0 Å². The Morgan fingerprint density at radius 2 is 1.55 bits per heavy atom. The van der Waals surface area contributed by atoms with E-state index in [9.17, 15) is 0 Å². The van der Waals surface area contributed by atoms with Gasteiger partial charge in [0.05, 0.1) is 0 Å². The maximum absolute atomic E-state index is 7.07. The standard InChI is InChI=1S/C26H44O3Si2/c1-24(2,3)30(8,9)28-23-19-15-17-21-26(23,29-31(10,11)25(4,5)6)20-16-13-12-14-18-22-27-7/h12-13,15,19,23H,17,21-22H2,1-11H3/b13-12-. The third-order valence-electron chi connectivity index (χ3n) is 6.78. The number of rotatable bonds is 5. The highest BCUT2D eigenvalue weighted by molar-refractivity contribution is 6.74. The van der Waals surface area contributed by atoms with Gasteiger partial charge in [0, 0.05) is 7.11 Å². The Kier molecular flexibility index (Phi) is 9.63. The van der Waals surface area contributed by atoms with E-state index in [0.717, 1.165) is 12.8 Å². The molecule has 0 aromatic rings. The van der Waals surface area contributed by atoms with Crippen LogP contribution in [0.2, 0.25) is 36.3 Å². The number of ether oxygens (including phenoxy) is 1. The molecule has 0 aromatic heterocycles.